The summed E-state index contributed by atoms with van der Waals surface area (Å²) in [5, 5.41) is 2.43. The molecule has 0 saturated heterocycles. The number of benzene rings is 1. The molecule has 0 radical (unpaired) electrons. The predicted octanol–water partition coefficient (Wildman–Crippen LogP) is 2.62. The van der Waals surface area contributed by atoms with Crippen LogP contribution in [-0.2, 0) is 4.79 Å². The van der Waals surface area contributed by atoms with E-state index in [2.05, 4.69) is 15.0 Å². The van der Waals surface area contributed by atoms with Crippen LogP contribution in [0, 0.1) is 0 Å². The summed E-state index contributed by atoms with van der Waals surface area (Å²) in [6.45, 7) is 0. The fourth-order valence-corrected chi connectivity index (χ4v) is 1.70. The van der Waals surface area contributed by atoms with E-state index in [-0.39, 0.29) is 5.69 Å². The number of nitrogens with one attached hydrogen (secondary N) is 1. The molecule has 1 aromatic carbocycles. The molecular weight excluding hydrogens is 299 g/mol. The second kappa shape index (κ2) is 6.44. The van der Waals surface area contributed by atoms with E-state index < -0.39 is 24.1 Å². The number of halogens is 3. The van der Waals surface area contributed by atoms with Crippen molar-refractivity contribution in [2.24, 2.45) is 5.73 Å². The molecule has 1 aromatic heterocycles. The zero-order valence-corrected chi connectivity index (χ0v) is 11.2. The minimum atomic E-state index is -4.80. The van der Waals surface area contributed by atoms with Gasteiger partial charge < -0.3 is 15.8 Å². The standard InChI is InChI=1S/C14H12F3N3O2/c15-14(16,17)22-11-5-1-4-10(7-11)20-13(21)12(18)9-3-2-6-19-8-9/h1-8,12H,18H2,(H,20,21). The van der Waals surface area contributed by atoms with Crippen molar-refractivity contribution in [2.75, 3.05) is 5.32 Å². The van der Waals surface area contributed by atoms with E-state index in [1.165, 1.54) is 24.5 Å². The van der Waals surface area contributed by atoms with Crippen molar-refractivity contribution in [3.05, 3.63) is 54.4 Å². The Morgan fingerprint density at radius 2 is 2.05 bits per heavy atom. The van der Waals surface area contributed by atoms with Crippen molar-refractivity contribution >= 4 is 11.6 Å². The zero-order chi connectivity index (χ0) is 16.2. The maximum Gasteiger partial charge on any atom is 0.573 e. The Balaban J connectivity index is 2.07. The lowest BCUT2D eigenvalue weighted by atomic mass is 10.1. The van der Waals surface area contributed by atoms with Gasteiger partial charge in [-0.1, -0.05) is 12.1 Å². The molecule has 1 atom stereocenters. The molecule has 0 aliphatic rings. The van der Waals surface area contributed by atoms with E-state index in [0.29, 0.717) is 5.56 Å². The van der Waals surface area contributed by atoms with Gasteiger partial charge in [0.25, 0.3) is 0 Å². The van der Waals surface area contributed by atoms with Crippen molar-refractivity contribution in [3.63, 3.8) is 0 Å². The number of amides is 1. The molecule has 1 amide bonds. The molecule has 0 aliphatic carbocycles. The SMILES string of the molecule is NC(C(=O)Nc1cccc(OC(F)(F)F)c1)c1cccnc1. The first-order valence-electron chi connectivity index (χ1n) is 6.17. The van der Waals surface area contributed by atoms with Crippen LogP contribution in [0.25, 0.3) is 0 Å². The molecule has 0 fully saturated rings. The van der Waals surface area contributed by atoms with Crippen LogP contribution in [0.2, 0.25) is 0 Å². The highest BCUT2D eigenvalue weighted by molar-refractivity contribution is 5.95. The van der Waals surface area contributed by atoms with E-state index in [1.54, 1.807) is 12.1 Å². The third kappa shape index (κ3) is 4.45. The summed E-state index contributed by atoms with van der Waals surface area (Å²) in [5.41, 5.74) is 6.40. The highest BCUT2D eigenvalue weighted by Gasteiger charge is 2.31. The van der Waals surface area contributed by atoms with E-state index in [1.807, 2.05) is 0 Å². The smallest absolute Gasteiger partial charge is 0.406 e. The van der Waals surface area contributed by atoms with Gasteiger partial charge in [-0.05, 0) is 23.8 Å². The van der Waals surface area contributed by atoms with Crippen LogP contribution in [0.4, 0.5) is 18.9 Å². The average molecular weight is 311 g/mol. The number of rotatable bonds is 4. The lowest BCUT2D eigenvalue weighted by Gasteiger charge is -2.13. The Morgan fingerprint density at radius 3 is 2.68 bits per heavy atom. The third-order valence-electron chi connectivity index (χ3n) is 2.66. The highest BCUT2D eigenvalue weighted by atomic mass is 19.4. The van der Waals surface area contributed by atoms with Crippen LogP contribution >= 0.6 is 0 Å². The van der Waals surface area contributed by atoms with Gasteiger partial charge in [-0.25, -0.2) is 0 Å². The monoisotopic (exact) mass is 311 g/mol. The molecule has 0 saturated carbocycles. The summed E-state index contributed by atoms with van der Waals surface area (Å²) in [7, 11) is 0. The number of hydrogen-bond acceptors (Lipinski definition) is 4. The number of carbonyl (C=O) groups excluding carboxylic acids is 1. The number of nitrogens with two attached hydrogens (primary N) is 1. The predicted molar refractivity (Wildman–Crippen MR) is 72.9 cm³/mol. The number of nitrogens with zero attached hydrogens (tertiary/aromatic N) is 1. The van der Waals surface area contributed by atoms with Crippen molar-refractivity contribution in [1.29, 1.82) is 0 Å². The minimum absolute atomic E-state index is 0.145. The molecular formula is C14H12F3N3O2. The van der Waals surface area contributed by atoms with Crippen LogP contribution in [0.5, 0.6) is 5.75 Å². The van der Waals surface area contributed by atoms with Crippen LogP contribution < -0.4 is 15.8 Å². The largest absolute Gasteiger partial charge is 0.573 e. The summed E-state index contributed by atoms with van der Waals surface area (Å²) in [4.78, 5) is 15.8. The number of anilines is 1. The van der Waals surface area contributed by atoms with Crippen LogP contribution in [0.15, 0.2) is 48.8 Å². The zero-order valence-electron chi connectivity index (χ0n) is 11.2. The van der Waals surface area contributed by atoms with Gasteiger partial charge in [-0.2, -0.15) is 0 Å². The Labute approximate surface area is 123 Å². The molecule has 2 aromatic rings. The molecule has 8 heteroatoms. The normalized spacial score (nSPS) is 12.5. The summed E-state index contributed by atoms with van der Waals surface area (Å²) in [6.07, 6.45) is -1.83. The van der Waals surface area contributed by atoms with Crippen LogP contribution in [0.1, 0.15) is 11.6 Å². The van der Waals surface area contributed by atoms with E-state index in [4.69, 9.17) is 5.73 Å². The molecule has 22 heavy (non-hydrogen) atoms. The van der Waals surface area contributed by atoms with E-state index in [0.717, 1.165) is 12.1 Å². The topological polar surface area (TPSA) is 77.2 Å². The maximum atomic E-state index is 12.1. The molecule has 2 rings (SSSR count). The van der Waals surface area contributed by atoms with E-state index in [9.17, 15) is 18.0 Å². The summed E-state index contributed by atoms with van der Waals surface area (Å²) >= 11 is 0. The Hall–Kier alpha value is -2.61. The second-order valence-electron chi connectivity index (χ2n) is 4.33. The minimum Gasteiger partial charge on any atom is -0.406 e. The van der Waals surface area contributed by atoms with Crippen molar-refractivity contribution in [1.82, 2.24) is 4.98 Å². The molecule has 5 nitrogen and oxygen atoms in total. The molecule has 1 unspecified atom stereocenters. The summed E-state index contributed by atoms with van der Waals surface area (Å²) in [6, 6.07) is 7.20. The Morgan fingerprint density at radius 1 is 1.27 bits per heavy atom. The van der Waals surface area contributed by atoms with Gasteiger partial charge in [-0.3, -0.25) is 9.78 Å². The first-order chi connectivity index (χ1) is 10.3. The maximum absolute atomic E-state index is 12.1. The van der Waals surface area contributed by atoms with Crippen molar-refractivity contribution < 1.29 is 22.7 Å². The summed E-state index contributed by atoms with van der Waals surface area (Å²) < 4.78 is 40.2. The number of carbonyl (C=O) groups is 1. The number of pyridine rings is 1. The second-order valence-corrected chi connectivity index (χ2v) is 4.33. The molecule has 0 bridgehead atoms. The van der Waals surface area contributed by atoms with Crippen LogP contribution in [0.3, 0.4) is 0 Å². The lowest BCUT2D eigenvalue weighted by molar-refractivity contribution is -0.274. The third-order valence-corrected chi connectivity index (χ3v) is 2.66. The first-order valence-corrected chi connectivity index (χ1v) is 6.17. The fraction of sp³-hybridized carbons (Fsp3) is 0.143. The Bertz CT molecular complexity index is 647. The number of alkyl halides is 3. The molecule has 116 valence electrons. The van der Waals surface area contributed by atoms with Gasteiger partial charge >= 0.3 is 6.36 Å². The van der Waals surface area contributed by atoms with Gasteiger partial charge in [0.2, 0.25) is 5.91 Å². The lowest BCUT2D eigenvalue weighted by Crippen LogP contribution is -2.27. The van der Waals surface area contributed by atoms with Gasteiger partial charge in [0.1, 0.15) is 11.8 Å². The summed E-state index contributed by atoms with van der Waals surface area (Å²) in [5.74, 6) is -1.00. The number of hydrogen-bond donors (Lipinski definition) is 2. The first kappa shape index (κ1) is 15.8. The molecule has 1 heterocycles. The molecule has 0 spiro atoms. The molecule has 0 aliphatic heterocycles. The van der Waals surface area contributed by atoms with Crippen molar-refractivity contribution in [3.8, 4) is 5.75 Å². The average Bonchev–Trinajstić information content (AvgIpc) is 2.46. The van der Waals surface area contributed by atoms with E-state index >= 15 is 0 Å². The quantitative estimate of drug-likeness (QED) is 0.910. The number of ether oxygens (including phenoxy) is 1. The highest BCUT2D eigenvalue weighted by Crippen LogP contribution is 2.25. The van der Waals surface area contributed by atoms with Crippen molar-refractivity contribution in [2.45, 2.75) is 12.4 Å². The number of aromatic nitrogens is 1. The molecule has 3 N–H and O–H groups in total. The Kier molecular flexibility index (Phi) is 4.62. The fourth-order valence-electron chi connectivity index (χ4n) is 1.70. The van der Waals surface area contributed by atoms with Gasteiger partial charge in [0.05, 0.1) is 0 Å². The van der Waals surface area contributed by atoms with Gasteiger partial charge in [0, 0.05) is 24.1 Å². The van der Waals surface area contributed by atoms with Gasteiger partial charge in [0.15, 0.2) is 0 Å². The van der Waals surface area contributed by atoms with Crippen LogP contribution in [-0.4, -0.2) is 17.3 Å². The van der Waals surface area contributed by atoms with Gasteiger partial charge in [-0.15, -0.1) is 13.2 Å².